The fraction of sp³-hybridized carbons (Fsp3) is 0.375. The van der Waals surface area contributed by atoms with Crippen LogP contribution >= 0.6 is 92.8 Å². The third-order valence-corrected chi connectivity index (χ3v) is 6.12. The molecule has 0 bridgehead atoms. The van der Waals surface area contributed by atoms with Crippen molar-refractivity contribution in [2.45, 2.75) is 29.2 Å². The van der Waals surface area contributed by atoms with E-state index in [9.17, 15) is 13.2 Å². The van der Waals surface area contributed by atoms with Gasteiger partial charge in [0.2, 0.25) is 0 Å². The predicted octanol–water partition coefficient (Wildman–Crippen LogP) is 11.1. The molecule has 0 fully saturated rings. The van der Waals surface area contributed by atoms with Crippen molar-refractivity contribution in [2.24, 2.45) is 0 Å². The smallest absolute Gasteiger partial charge is 0.468 e. The number of unbranched alkanes of at least 4 members (excludes halogenated alkanes) is 1. The first-order valence-corrected chi connectivity index (χ1v) is 14.4. The van der Waals surface area contributed by atoms with E-state index < -0.39 is 15.9 Å². The van der Waals surface area contributed by atoms with E-state index in [0.29, 0.717) is 55.6 Å². The number of fused-ring (bicyclic) bond motifs is 1. The number of ether oxygens (including phenoxy) is 3. The zero-order valence-corrected chi connectivity index (χ0v) is 26.2. The largest absolute Gasteiger partial charge is 0.493 e. The monoisotopic (exact) mass is 723 g/mol. The molecule has 5 nitrogen and oxygen atoms in total. The summed E-state index contributed by atoms with van der Waals surface area (Å²) in [6, 6.07) is 7.43. The highest BCUT2D eigenvalue weighted by atomic mass is 35.6. The number of rotatable bonds is 11. The minimum atomic E-state index is -4.64. The Balaban J connectivity index is 0.000000708. The molecule has 222 valence electrons. The first kappa shape index (κ1) is 35.4. The molecule has 0 aliphatic heterocycles. The quantitative estimate of drug-likeness (QED) is 0.145. The van der Waals surface area contributed by atoms with Gasteiger partial charge >= 0.3 is 12.1 Å². The van der Waals surface area contributed by atoms with Gasteiger partial charge in [-0.05, 0) is 31.1 Å². The van der Waals surface area contributed by atoms with Crippen molar-refractivity contribution in [3.8, 4) is 17.2 Å². The van der Waals surface area contributed by atoms with E-state index in [0.717, 1.165) is 0 Å². The highest BCUT2D eigenvalue weighted by molar-refractivity contribution is 6.67. The molecular weight excluding hydrogens is 707 g/mol. The van der Waals surface area contributed by atoms with Crippen molar-refractivity contribution in [1.29, 1.82) is 0 Å². The summed E-state index contributed by atoms with van der Waals surface area (Å²) in [4.78, 5) is 3.41. The van der Waals surface area contributed by atoms with Crippen LogP contribution in [-0.4, -0.2) is 34.5 Å². The van der Waals surface area contributed by atoms with Crippen LogP contribution in [0, 0.1) is 0 Å². The Labute approximate surface area is 268 Å². The number of benzene rings is 2. The van der Waals surface area contributed by atoms with Crippen LogP contribution < -0.4 is 14.2 Å². The highest BCUT2D eigenvalue weighted by Crippen LogP contribution is 2.37. The molecule has 1 heterocycles. The molecule has 1 aromatic heterocycles. The van der Waals surface area contributed by atoms with Gasteiger partial charge in [0.15, 0.2) is 15.1 Å². The summed E-state index contributed by atoms with van der Waals surface area (Å²) < 4.78 is 58.4. The fourth-order valence-corrected chi connectivity index (χ4v) is 4.31. The van der Waals surface area contributed by atoms with Crippen molar-refractivity contribution >= 4 is 104 Å². The van der Waals surface area contributed by atoms with Crippen LogP contribution in [0.1, 0.15) is 25.2 Å². The molecule has 0 saturated heterocycles. The fourth-order valence-electron chi connectivity index (χ4n) is 2.75. The van der Waals surface area contributed by atoms with E-state index in [1.54, 1.807) is 12.1 Å². The summed E-state index contributed by atoms with van der Waals surface area (Å²) in [5.74, 6) is 0.230. The number of aromatic nitrogens is 1. The second kappa shape index (κ2) is 16.7. The maximum Gasteiger partial charge on any atom is 0.468 e. The van der Waals surface area contributed by atoms with Gasteiger partial charge in [-0.25, -0.2) is 4.98 Å². The Hall–Kier alpha value is -0.840. The minimum absolute atomic E-state index is 0.00152. The predicted molar refractivity (Wildman–Crippen MR) is 157 cm³/mol. The van der Waals surface area contributed by atoms with E-state index in [-0.39, 0.29) is 32.2 Å². The summed E-state index contributed by atoms with van der Waals surface area (Å²) in [6.45, 7) is 0.797. The van der Waals surface area contributed by atoms with E-state index in [2.05, 4.69) is 4.98 Å². The van der Waals surface area contributed by atoms with Gasteiger partial charge in [-0.15, -0.1) is 11.6 Å². The van der Waals surface area contributed by atoms with Crippen molar-refractivity contribution in [2.75, 3.05) is 25.7 Å². The summed E-state index contributed by atoms with van der Waals surface area (Å²) in [5, 5.41) is 0.571. The van der Waals surface area contributed by atoms with Crippen molar-refractivity contribution in [3.05, 3.63) is 56.8 Å². The molecule has 0 N–H and O–H groups in total. The van der Waals surface area contributed by atoms with Gasteiger partial charge in [-0.2, -0.15) is 13.2 Å². The Morgan fingerprint density at radius 1 is 0.900 bits per heavy atom. The summed E-state index contributed by atoms with van der Waals surface area (Å²) >= 11 is 44.5. The third-order valence-electron chi connectivity index (χ3n) is 4.49. The lowest BCUT2D eigenvalue weighted by Crippen LogP contribution is -2.04. The molecule has 0 spiro atoms. The number of oxazole rings is 1. The summed E-state index contributed by atoms with van der Waals surface area (Å²) in [5.41, 5.74) is 0.106. The number of halogens is 11. The van der Waals surface area contributed by atoms with Crippen molar-refractivity contribution < 1.29 is 31.8 Å². The minimum Gasteiger partial charge on any atom is -0.493 e. The lowest BCUT2D eigenvalue weighted by atomic mass is 10.3. The first-order chi connectivity index (χ1) is 18.7. The average Bonchev–Trinajstić information content (AvgIpc) is 3.26. The van der Waals surface area contributed by atoms with E-state index in [1.807, 2.05) is 0 Å². The second-order valence-corrected chi connectivity index (χ2v) is 12.3. The maximum atomic E-state index is 12.7. The summed E-state index contributed by atoms with van der Waals surface area (Å²) in [6.07, 6.45) is -1.54. The van der Waals surface area contributed by atoms with Crippen LogP contribution in [-0.2, 0) is 6.18 Å². The van der Waals surface area contributed by atoms with E-state index in [1.165, 1.54) is 24.3 Å². The van der Waals surface area contributed by atoms with Crippen LogP contribution in [0.4, 0.5) is 13.2 Å². The zero-order valence-electron chi connectivity index (χ0n) is 20.2. The Morgan fingerprint density at radius 2 is 1.52 bits per heavy atom. The van der Waals surface area contributed by atoms with Crippen LogP contribution in [0.5, 0.6) is 17.2 Å². The zero-order chi connectivity index (χ0) is 29.9. The normalized spacial score (nSPS) is 11.6. The van der Waals surface area contributed by atoms with Crippen LogP contribution in [0.15, 0.2) is 45.3 Å². The number of nitrogens with zero attached hydrogens (tertiary/aromatic N) is 1. The van der Waals surface area contributed by atoms with Crippen molar-refractivity contribution in [3.63, 3.8) is 0 Å². The Kier molecular flexibility index (Phi) is 14.8. The molecule has 0 saturated carbocycles. The van der Waals surface area contributed by atoms with E-state index >= 15 is 0 Å². The lowest BCUT2D eigenvalue weighted by molar-refractivity contribution is -0.156. The first-order valence-electron chi connectivity index (χ1n) is 11.2. The molecule has 0 aliphatic rings. The van der Waals surface area contributed by atoms with Crippen LogP contribution in [0.2, 0.25) is 10.0 Å². The molecule has 3 rings (SSSR count). The number of alkyl halides is 7. The lowest BCUT2D eigenvalue weighted by Gasteiger charge is -2.12. The Bertz CT molecular complexity index is 1240. The maximum absolute atomic E-state index is 12.7. The van der Waals surface area contributed by atoms with Gasteiger partial charge in [0.1, 0.15) is 28.1 Å². The highest BCUT2D eigenvalue weighted by Gasteiger charge is 2.37. The third kappa shape index (κ3) is 13.0. The molecule has 0 radical (unpaired) electrons. The Morgan fingerprint density at radius 3 is 2.05 bits per heavy atom. The van der Waals surface area contributed by atoms with Gasteiger partial charge in [-0.3, -0.25) is 0 Å². The standard InChI is InChI=1S/C21H16Cl4F3NO4.C3H4Cl4/c22-14-9-13(31-8-5-18(24)25)10-15(23)19(14)32-7-2-1-6-30-12-3-4-16-17(11-12)33-20(29-16)21(26,27)28;4-2-1-3(5,6)7/h3-5,9-11H,1-2,6-8H2;1-2H2. The molecule has 0 amide bonds. The molecule has 0 unspecified atom stereocenters. The molecule has 0 atom stereocenters. The average molecular weight is 727 g/mol. The van der Waals surface area contributed by atoms with Gasteiger partial charge in [-0.1, -0.05) is 81.2 Å². The molecular formula is C24H20Cl8F3NO4. The van der Waals surface area contributed by atoms with Gasteiger partial charge in [0.25, 0.3) is 0 Å². The van der Waals surface area contributed by atoms with Gasteiger partial charge < -0.3 is 18.6 Å². The summed E-state index contributed by atoms with van der Waals surface area (Å²) in [7, 11) is 0. The SMILES string of the molecule is ClCCC(Cl)(Cl)Cl.FC(F)(F)c1nc2ccc(OCCCCOc3c(Cl)cc(OCC=C(Cl)Cl)cc3Cl)cc2o1. The van der Waals surface area contributed by atoms with Gasteiger partial charge in [0.05, 0.1) is 23.3 Å². The molecule has 16 heteroatoms. The van der Waals surface area contributed by atoms with Crippen LogP contribution in [0.25, 0.3) is 11.1 Å². The van der Waals surface area contributed by atoms with Crippen LogP contribution in [0.3, 0.4) is 0 Å². The molecule has 2 aromatic carbocycles. The molecule has 0 aliphatic carbocycles. The van der Waals surface area contributed by atoms with Gasteiger partial charge in [0, 0.05) is 30.5 Å². The number of hydrogen-bond donors (Lipinski definition) is 0. The molecule has 3 aromatic rings. The molecule has 40 heavy (non-hydrogen) atoms. The topological polar surface area (TPSA) is 53.7 Å². The van der Waals surface area contributed by atoms with Crippen molar-refractivity contribution in [1.82, 2.24) is 4.98 Å². The van der Waals surface area contributed by atoms with E-state index in [4.69, 9.17) is 111 Å². The number of hydrogen-bond acceptors (Lipinski definition) is 5. The second-order valence-electron chi connectivity index (χ2n) is 7.63.